The normalized spacial score (nSPS) is 10.8. The van der Waals surface area contributed by atoms with Crippen LogP contribution in [0, 0.1) is 19.7 Å². The van der Waals surface area contributed by atoms with Crippen molar-refractivity contribution in [2.24, 2.45) is 0 Å². The van der Waals surface area contributed by atoms with E-state index in [2.05, 4.69) is 31.2 Å². The lowest BCUT2D eigenvalue weighted by atomic mass is 10.1. The minimum Gasteiger partial charge on any atom is -0.320 e. The third-order valence-corrected chi connectivity index (χ3v) is 7.39. The lowest BCUT2D eigenvalue weighted by Gasteiger charge is -2.12. The monoisotopic (exact) mass is 553 g/mol. The van der Waals surface area contributed by atoms with Crippen LogP contribution in [0.4, 0.5) is 10.1 Å². The molecule has 0 aliphatic heterocycles. The fourth-order valence-electron chi connectivity index (χ4n) is 3.15. The Hall–Kier alpha value is -2.68. The molecule has 4 aromatic rings. The van der Waals surface area contributed by atoms with Gasteiger partial charge in [-0.25, -0.2) is 14.4 Å². The number of benzene rings is 3. The second kappa shape index (κ2) is 11.2. The van der Waals surface area contributed by atoms with E-state index in [0.717, 1.165) is 31.7 Å². The van der Waals surface area contributed by atoms with E-state index in [1.54, 1.807) is 18.3 Å². The first-order valence-electron chi connectivity index (χ1n) is 10.4. The Morgan fingerprint density at radius 3 is 2.47 bits per heavy atom. The highest BCUT2D eigenvalue weighted by Crippen LogP contribution is 2.32. The molecule has 4 nitrogen and oxygen atoms in total. The van der Waals surface area contributed by atoms with Crippen LogP contribution < -0.4 is 5.32 Å². The molecule has 0 atom stereocenters. The zero-order valence-corrected chi connectivity index (χ0v) is 21.7. The van der Waals surface area contributed by atoms with Crippen LogP contribution in [0.3, 0.4) is 0 Å². The number of hydrogen-bond acceptors (Lipinski definition) is 5. The van der Waals surface area contributed by atoms with Gasteiger partial charge in [-0.15, -0.1) is 0 Å². The summed E-state index contributed by atoms with van der Waals surface area (Å²) in [7, 11) is 0. The standard InChI is InChI=1S/C26H21BrFN3OS2/c1-16-3-12-22(17(2)13-16)30-25(32)24-23(34-21-10-6-19(27)7-11-21)14-29-26(31-24)33-15-18-4-8-20(28)9-5-18/h3-14H,15H2,1-2H3,(H,30,32). The number of aryl methyl sites for hydroxylation is 2. The number of nitrogens with zero attached hydrogens (tertiary/aromatic N) is 2. The molecule has 0 unspecified atom stereocenters. The van der Waals surface area contributed by atoms with Gasteiger partial charge in [0.2, 0.25) is 0 Å². The SMILES string of the molecule is Cc1ccc(NC(=O)c2nc(SCc3ccc(F)cc3)ncc2Sc2ccc(Br)cc2)c(C)c1. The summed E-state index contributed by atoms with van der Waals surface area (Å²) in [4.78, 5) is 24.0. The van der Waals surface area contributed by atoms with E-state index in [-0.39, 0.29) is 11.7 Å². The van der Waals surface area contributed by atoms with Crippen LogP contribution in [0.5, 0.6) is 0 Å². The van der Waals surface area contributed by atoms with E-state index in [1.807, 2.05) is 56.3 Å². The molecule has 0 aliphatic carbocycles. The van der Waals surface area contributed by atoms with Crippen LogP contribution in [0.15, 0.2) is 92.3 Å². The number of carbonyl (C=O) groups excluding carboxylic acids is 1. The van der Waals surface area contributed by atoms with Crippen molar-refractivity contribution in [1.29, 1.82) is 0 Å². The quantitative estimate of drug-likeness (QED) is 0.188. The number of rotatable bonds is 7. The van der Waals surface area contributed by atoms with E-state index < -0.39 is 0 Å². The molecule has 1 aromatic heterocycles. The Morgan fingerprint density at radius 1 is 1.03 bits per heavy atom. The molecule has 4 rings (SSSR count). The number of thioether (sulfide) groups is 1. The molecule has 0 spiro atoms. The second-order valence-electron chi connectivity index (χ2n) is 7.61. The van der Waals surface area contributed by atoms with Crippen LogP contribution in [-0.4, -0.2) is 15.9 Å². The van der Waals surface area contributed by atoms with Gasteiger partial charge in [-0.2, -0.15) is 0 Å². The average Bonchev–Trinajstić information content (AvgIpc) is 2.82. The molecular weight excluding hydrogens is 533 g/mol. The molecule has 0 radical (unpaired) electrons. The van der Waals surface area contributed by atoms with Gasteiger partial charge >= 0.3 is 0 Å². The summed E-state index contributed by atoms with van der Waals surface area (Å²) >= 11 is 6.28. The fraction of sp³-hybridized carbons (Fsp3) is 0.115. The molecule has 1 N–H and O–H groups in total. The Balaban J connectivity index is 1.61. The zero-order chi connectivity index (χ0) is 24.1. The van der Waals surface area contributed by atoms with Gasteiger partial charge in [-0.3, -0.25) is 4.79 Å². The van der Waals surface area contributed by atoms with Crippen LogP contribution in [0.1, 0.15) is 27.2 Å². The number of hydrogen-bond donors (Lipinski definition) is 1. The zero-order valence-electron chi connectivity index (χ0n) is 18.5. The number of halogens is 2. The van der Waals surface area contributed by atoms with E-state index in [4.69, 9.17) is 0 Å². The molecule has 1 heterocycles. The van der Waals surface area contributed by atoms with E-state index in [1.165, 1.54) is 35.7 Å². The largest absolute Gasteiger partial charge is 0.320 e. The average molecular weight is 555 g/mol. The molecule has 172 valence electrons. The summed E-state index contributed by atoms with van der Waals surface area (Å²) in [5.74, 6) is -0.000266. The summed E-state index contributed by atoms with van der Waals surface area (Å²) in [5, 5.41) is 3.48. The van der Waals surface area contributed by atoms with Crippen molar-refractivity contribution in [3.05, 3.63) is 106 Å². The van der Waals surface area contributed by atoms with E-state index >= 15 is 0 Å². The Morgan fingerprint density at radius 2 is 1.76 bits per heavy atom. The van der Waals surface area contributed by atoms with Gasteiger partial charge in [-0.05, 0) is 67.4 Å². The first-order valence-corrected chi connectivity index (χ1v) is 13.0. The third-order valence-electron chi connectivity index (χ3n) is 4.90. The number of aromatic nitrogens is 2. The number of amides is 1. The second-order valence-corrected chi connectivity index (χ2v) is 10.6. The van der Waals surface area contributed by atoms with Gasteiger partial charge in [0.05, 0.1) is 4.90 Å². The van der Waals surface area contributed by atoms with Crippen molar-refractivity contribution in [3.63, 3.8) is 0 Å². The van der Waals surface area contributed by atoms with Crippen molar-refractivity contribution in [2.45, 2.75) is 34.5 Å². The first kappa shape index (κ1) is 24.4. The highest BCUT2D eigenvalue weighted by Gasteiger charge is 2.18. The highest BCUT2D eigenvalue weighted by atomic mass is 79.9. The predicted octanol–water partition coefficient (Wildman–Crippen LogP) is 7.69. The van der Waals surface area contributed by atoms with Crippen LogP contribution in [0.2, 0.25) is 0 Å². The number of anilines is 1. The topological polar surface area (TPSA) is 54.9 Å². The molecule has 34 heavy (non-hydrogen) atoms. The summed E-state index contributed by atoms with van der Waals surface area (Å²) < 4.78 is 14.2. The van der Waals surface area contributed by atoms with Gasteiger partial charge in [-0.1, -0.05) is 69.3 Å². The fourth-order valence-corrected chi connectivity index (χ4v) is 5.06. The van der Waals surface area contributed by atoms with Gasteiger partial charge in [0.1, 0.15) is 11.5 Å². The number of carbonyl (C=O) groups is 1. The van der Waals surface area contributed by atoms with Gasteiger partial charge < -0.3 is 5.32 Å². The molecule has 8 heteroatoms. The van der Waals surface area contributed by atoms with Crippen molar-refractivity contribution >= 4 is 51.0 Å². The van der Waals surface area contributed by atoms with Crippen molar-refractivity contribution in [1.82, 2.24) is 9.97 Å². The summed E-state index contributed by atoms with van der Waals surface area (Å²) in [5.41, 5.74) is 4.11. The van der Waals surface area contributed by atoms with Crippen molar-refractivity contribution in [2.75, 3.05) is 5.32 Å². The van der Waals surface area contributed by atoms with Gasteiger partial charge in [0, 0.05) is 27.0 Å². The molecular formula is C26H21BrFN3OS2. The maximum absolute atomic E-state index is 13.3. The van der Waals surface area contributed by atoms with Crippen molar-refractivity contribution in [3.8, 4) is 0 Å². The van der Waals surface area contributed by atoms with Gasteiger partial charge in [0.15, 0.2) is 5.16 Å². The van der Waals surface area contributed by atoms with Crippen LogP contribution in [0.25, 0.3) is 0 Å². The smallest absolute Gasteiger partial charge is 0.275 e. The molecule has 3 aromatic carbocycles. The van der Waals surface area contributed by atoms with Crippen LogP contribution in [-0.2, 0) is 5.75 Å². The number of nitrogens with one attached hydrogen (secondary N) is 1. The maximum Gasteiger partial charge on any atom is 0.275 e. The molecule has 1 amide bonds. The third kappa shape index (κ3) is 6.46. The maximum atomic E-state index is 13.3. The molecule has 0 aliphatic rings. The predicted molar refractivity (Wildman–Crippen MR) is 140 cm³/mol. The Bertz CT molecular complexity index is 1310. The minimum atomic E-state index is -0.294. The van der Waals surface area contributed by atoms with E-state index in [0.29, 0.717) is 21.5 Å². The lowest BCUT2D eigenvalue weighted by Crippen LogP contribution is -2.16. The summed E-state index contributed by atoms with van der Waals surface area (Å²) in [6.07, 6.45) is 1.68. The Labute approximate surface area is 214 Å². The van der Waals surface area contributed by atoms with E-state index in [9.17, 15) is 9.18 Å². The van der Waals surface area contributed by atoms with Crippen molar-refractivity contribution < 1.29 is 9.18 Å². The highest BCUT2D eigenvalue weighted by molar-refractivity contribution is 9.10. The lowest BCUT2D eigenvalue weighted by molar-refractivity contribution is 0.101. The molecule has 0 bridgehead atoms. The van der Waals surface area contributed by atoms with Crippen LogP contribution >= 0.6 is 39.5 Å². The first-order chi connectivity index (χ1) is 16.4. The summed E-state index contributed by atoms with van der Waals surface area (Å²) in [6.45, 7) is 3.98. The molecule has 0 fully saturated rings. The minimum absolute atomic E-state index is 0.273. The molecule has 0 saturated heterocycles. The van der Waals surface area contributed by atoms with Gasteiger partial charge in [0.25, 0.3) is 5.91 Å². The summed E-state index contributed by atoms with van der Waals surface area (Å²) in [6, 6.07) is 20.0. The Kier molecular flexibility index (Phi) is 8.03. The molecule has 0 saturated carbocycles.